The van der Waals surface area contributed by atoms with Crippen molar-refractivity contribution in [2.75, 3.05) is 26.4 Å². The van der Waals surface area contributed by atoms with E-state index in [2.05, 4.69) is 36.6 Å². The summed E-state index contributed by atoms with van der Waals surface area (Å²) in [5.41, 5.74) is 0. The van der Waals surface area contributed by atoms with Crippen LogP contribution in [0.3, 0.4) is 0 Å². The van der Waals surface area contributed by atoms with Crippen LogP contribution in [-0.2, 0) is 42.8 Å². The van der Waals surface area contributed by atoms with Gasteiger partial charge in [-0.05, 0) is 44.9 Å². The topological polar surface area (TPSA) is 373 Å². The number of hydrogen-bond donors (Lipinski definition) is 14. The average molecular weight is 1360 g/mol. The fourth-order valence-electron chi connectivity index (χ4n) is 12.9. The molecule has 18 atom stereocenters. The molecule has 3 aliphatic heterocycles. The molecule has 0 spiro atoms. The number of unbranched alkanes of at least 4 members (excludes halogenated alkanes) is 35. The van der Waals surface area contributed by atoms with E-state index in [0.29, 0.717) is 12.8 Å². The Labute approximate surface area is 568 Å². The lowest BCUT2D eigenvalue weighted by atomic mass is 9.88. The number of carboxylic acid groups (broad SMARTS) is 1. The van der Waals surface area contributed by atoms with Gasteiger partial charge in [-0.3, -0.25) is 9.59 Å². The quantitative estimate of drug-likeness (QED) is 0.0202. The summed E-state index contributed by atoms with van der Waals surface area (Å²) in [6, 6.07) is -2.62. The fraction of sp³-hybridized carbons (Fsp3) is 0.903. The first-order chi connectivity index (χ1) is 45.9. The molecule has 3 saturated heterocycles. The second kappa shape index (κ2) is 52.2. The summed E-state index contributed by atoms with van der Waals surface area (Å²) in [6.45, 7) is 2.16. The molecule has 0 saturated carbocycles. The lowest BCUT2D eigenvalue weighted by molar-refractivity contribution is -0.386. The molecule has 95 heavy (non-hydrogen) atoms. The van der Waals surface area contributed by atoms with Gasteiger partial charge < -0.3 is 100 Å². The molecule has 18 unspecified atom stereocenters. The largest absolute Gasteiger partial charge is 0.477 e. The van der Waals surface area contributed by atoms with Crippen LogP contribution in [0.25, 0.3) is 0 Å². The number of hydrogen-bond acceptors (Lipinski definition) is 20. The molecule has 14 N–H and O–H groups in total. The van der Waals surface area contributed by atoms with Gasteiger partial charge in [0.05, 0.1) is 50.7 Å². The number of allylic oxidation sites excluding steroid dienone is 3. The molecule has 3 fully saturated rings. The molecule has 0 bridgehead atoms. The predicted molar refractivity (Wildman–Crippen MR) is 361 cm³/mol. The van der Waals surface area contributed by atoms with Crippen molar-refractivity contribution < 1.29 is 104 Å². The zero-order chi connectivity index (χ0) is 69.6. The Morgan fingerprint density at radius 2 is 0.989 bits per heavy atom. The number of carboxylic acids is 1. The van der Waals surface area contributed by atoms with Crippen molar-refractivity contribution in [3.63, 3.8) is 0 Å². The van der Waals surface area contributed by atoms with Gasteiger partial charge in [0, 0.05) is 19.8 Å². The number of aliphatic carboxylic acids is 1. The van der Waals surface area contributed by atoms with E-state index in [0.717, 1.165) is 58.3 Å². The zero-order valence-electron chi connectivity index (χ0n) is 58.3. The molecule has 2 amide bonds. The lowest BCUT2D eigenvalue weighted by Gasteiger charge is -2.50. The van der Waals surface area contributed by atoms with Crippen LogP contribution in [0.1, 0.15) is 278 Å². The summed E-state index contributed by atoms with van der Waals surface area (Å²) in [6.07, 6.45) is 25.0. The fourth-order valence-corrected chi connectivity index (χ4v) is 12.9. The molecule has 0 aromatic heterocycles. The van der Waals surface area contributed by atoms with E-state index in [1.54, 1.807) is 6.08 Å². The molecule has 0 aromatic rings. The molecular formula is C72H132N2O21. The molecule has 0 radical (unpaired) electrons. The Bertz CT molecular complexity index is 2010. The third-order valence-electron chi connectivity index (χ3n) is 18.9. The van der Waals surface area contributed by atoms with Crippen molar-refractivity contribution in [2.24, 2.45) is 0 Å². The number of aliphatic hydroxyl groups is 11. The SMILES string of the molecule is CCCCCCCCCCCCCC/C=C\CCCCCCCCCCC(=O)NC(COC1OC(CO)C(OC2OC(CO)C(O)C(OC3(C(=O)O)CC(O)C(NC(C)=O)C(C(O)C(O)CO)O3)C2O)C(O)C1O)C(O)/C=C/CCCCCCCCCCCCCCCCC. The van der Waals surface area contributed by atoms with Gasteiger partial charge in [-0.2, -0.15) is 0 Å². The molecule has 23 nitrogen and oxygen atoms in total. The Morgan fingerprint density at radius 1 is 0.547 bits per heavy atom. The molecule has 23 heteroatoms. The Balaban J connectivity index is 1.56. The van der Waals surface area contributed by atoms with E-state index < -0.39 is 155 Å². The average Bonchev–Trinajstić information content (AvgIpc) is 0.758. The van der Waals surface area contributed by atoms with Gasteiger partial charge in [-0.1, -0.05) is 237 Å². The molecule has 0 aromatic carbocycles. The first-order valence-electron chi connectivity index (χ1n) is 37.2. The number of amides is 2. The zero-order valence-corrected chi connectivity index (χ0v) is 58.3. The second-order valence-corrected chi connectivity index (χ2v) is 27.2. The maximum atomic E-state index is 13.5. The van der Waals surface area contributed by atoms with Gasteiger partial charge >= 0.3 is 5.97 Å². The van der Waals surface area contributed by atoms with Crippen molar-refractivity contribution in [3.8, 4) is 0 Å². The number of nitrogens with one attached hydrogen (secondary N) is 2. The van der Waals surface area contributed by atoms with Gasteiger partial charge in [-0.15, -0.1) is 0 Å². The maximum Gasteiger partial charge on any atom is 0.364 e. The van der Waals surface area contributed by atoms with Crippen LogP contribution in [0.2, 0.25) is 0 Å². The van der Waals surface area contributed by atoms with Crippen molar-refractivity contribution >= 4 is 17.8 Å². The number of rotatable bonds is 57. The van der Waals surface area contributed by atoms with Crippen molar-refractivity contribution in [2.45, 2.75) is 387 Å². The second-order valence-electron chi connectivity index (χ2n) is 27.2. The summed E-state index contributed by atoms with van der Waals surface area (Å²) >= 11 is 0. The number of aliphatic hydroxyl groups excluding tert-OH is 11. The minimum atomic E-state index is -3.08. The highest BCUT2D eigenvalue weighted by molar-refractivity contribution is 5.77. The van der Waals surface area contributed by atoms with Gasteiger partial charge in [-0.25, -0.2) is 4.79 Å². The minimum absolute atomic E-state index is 0.198. The predicted octanol–water partition coefficient (Wildman–Crippen LogP) is 8.01. The van der Waals surface area contributed by atoms with Crippen LogP contribution in [0.15, 0.2) is 24.3 Å². The highest BCUT2D eigenvalue weighted by Crippen LogP contribution is 2.39. The third-order valence-corrected chi connectivity index (χ3v) is 18.9. The van der Waals surface area contributed by atoms with Crippen molar-refractivity contribution in [1.82, 2.24) is 10.6 Å². The van der Waals surface area contributed by atoms with Gasteiger partial charge in [0.1, 0.15) is 67.1 Å². The standard InChI is InChI=1S/C72H132N2O21/c1-4-6-8-10-12-14-16-18-20-22-23-24-25-26-27-28-30-32-34-36-38-40-42-44-46-59(82)74-53(54(79)45-43-41-39-37-35-33-31-29-21-19-17-15-13-11-9-7-5-2)51-90-69-64(86)63(85)66(58(50-77)92-69)93-70-65(87)68(62(84)57(49-76)91-70)95-72(71(88)89)47-55(80)60(73-52(3)78)67(94-72)61(83)56(81)48-75/h26-27,43,45,53-58,60-70,75-77,79-81,83-87H,4-25,28-42,44,46-51H2,1-3H3,(H,73,78)(H,74,82)(H,88,89)/b27-26-,45-43+. The summed E-state index contributed by atoms with van der Waals surface area (Å²) in [4.78, 5) is 38.6. The van der Waals surface area contributed by atoms with Crippen LogP contribution in [-0.4, -0.2) is 215 Å². The van der Waals surface area contributed by atoms with E-state index in [-0.39, 0.29) is 12.3 Å². The van der Waals surface area contributed by atoms with Gasteiger partial charge in [0.15, 0.2) is 12.6 Å². The van der Waals surface area contributed by atoms with E-state index in [4.69, 9.17) is 28.4 Å². The van der Waals surface area contributed by atoms with Crippen LogP contribution >= 0.6 is 0 Å². The molecule has 0 aliphatic carbocycles. The summed E-state index contributed by atoms with van der Waals surface area (Å²) in [7, 11) is 0. The van der Waals surface area contributed by atoms with Crippen LogP contribution < -0.4 is 10.6 Å². The van der Waals surface area contributed by atoms with E-state index >= 15 is 0 Å². The van der Waals surface area contributed by atoms with E-state index in [9.17, 15) is 75.7 Å². The number of carbonyl (C=O) groups is 3. The summed E-state index contributed by atoms with van der Waals surface area (Å²) in [5, 5.41) is 136. The summed E-state index contributed by atoms with van der Waals surface area (Å²) in [5.74, 6) is -6.14. The highest BCUT2D eigenvalue weighted by Gasteiger charge is 2.60. The van der Waals surface area contributed by atoms with Crippen molar-refractivity contribution in [3.05, 3.63) is 24.3 Å². The lowest BCUT2D eigenvalue weighted by Crippen LogP contribution is -2.70. The Morgan fingerprint density at radius 3 is 1.43 bits per heavy atom. The molecule has 556 valence electrons. The minimum Gasteiger partial charge on any atom is -0.477 e. The third kappa shape index (κ3) is 34.0. The number of ether oxygens (including phenoxy) is 6. The summed E-state index contributed by atoms with van der Waals surface area (Å²) < 4.78 is 34.8. The Kier molecular flexibility index (Phi) is 47.5. The molecule has 3 aliphatic rings. The van der Waals surface area contributed by atoms with Gasteiger partial charge in [0.2, 0.25) is 11.8 Å². The normalized spacial score (nSPS) is 27.8. The van der Waals surface area contributed by atoms with E-state index in [1.165, 1.54) is 180 Å². The van der Waals surface area contributed by atoms with Crippen LogP contribution in [0.4, 0.5) is 0 Å². The van der Waals surface area contributed by atoms with Crippen LogP contribution in [0.5, 0.6) is 0 Å². The molecular weight excluding hydrogens is 1230 g/mol. The highest BCUT2D eigenvalue weighted by atomic mass is 16.8. The Hall–Kier alpha value is -2.79. The van der Waals surface area contributed by atoms with Crippen molar-refractivity contribution in [1.29, 1.82) is 0 Å². The van der Waals surface area contributed by atoms with E-state index in [1.807, 2.05) is 6.08 Å². The van der Waals surface area contributed by atoms with Gasteiger partial charge in [0.25, 0.3) is 5.79 Å². The monoisotopic (exact) mass is 1360 g/mol. The first kappa shape index (κ1) is 86.4. The molecule has 3 heterocycles. The smallest absolute Gasteiger partial charge is 0.364 e. The molecule has 3 rings (SSSR count). The van der Waals surface area contributed by atoms with Crippen LogP contribution in [0, 0.1) is 0 Å². The first-order valence-corrected chi connectivity index (χ1v) is 37.2. The maximum absolute atomic E-state index is 13.5. The number of carbonyl (C=O) groups excluding carboxylic acids is 2.